The van der Waals surface area contributed by atoms with Gasteiger partial charge in [-0.05, 0) is 37.1 Å². The van der Waals surface area contributed by atoms with Gasteiger partial charge in [-0.1, -0.05) is 44.7 Å². The zero-order valence-electron chi connectivity index (χ0n) is 15.6. The van der Waals surface area contributed by atoms with E-state index in [1.165, 1.54) is 24.3 Å². The van der Waals surface area contributed by atoms with Gasteiger partial charge in [-0.2, -0.15) is 4.39 Å². The van der Waals surface area contributed by atoms with Crippen LogP contribution in [0.5, 0.6) is 11.5 Å². The van der Waals surface area contributed by atoms with Gasteiger partial charge in [0.05, 0.1) is 13.2 Å². The van der Waals surface area contributed by atoms with Gasteiger partial charge < -0.3 is 9.47 Å². The second kappa shape index (κ2) is 10.5. The molecule has 0 atom stereocenters. The van der Waals surface area contributed by atoms with Crippen LogP contribution < -0.4 is 9.47 Å². The van der Waals surface area contributed by atoms with Crippen molar-refractivity contribution in [1.29, 1.82) is 0 Å². The quantitative estimate of drug-likeness (QED) is 0.393. The molecule has 0 aliphatic carbocycles. The number of unbranched alkanes of at least 4 members (excludes halogenated alkanes) is 3. The van der Waals surface area contributed by atoms with E-state index in [1.807, 2.05) is 6.92 Å². The molecule has 0 spiro atoms. The smallest absolute Gasteiger partial charge is 0.201 e. The lowest BCUT2D eigenvalue weighted by Gasteiger charge is -2.13. The normalized spacial score (nSPS) is 10.9. The summed E-state index contributed by atoms with van der Waals surface area (Å²) in [5.74, 6) is -3.16. The molecule has 2 aromatic rings. The maximum atomic E-state index is 14.6. The highest BCUT2D eigenvalue weighted by atomic mass is 35.5. The first-order valence-corrected chi connectivity index (χ1v) is 9.61. The summed E-state index contributed by atoms with van der Waals surface area (Å²) in [6.07, 6.45) is 4.61. The van der Waals surface area contributed by atoms with E-state index in [2.05, 4.69) is 6.92 Å². The molecule has 0 radical (unpaired) electrons. The fraction of sp³-hybridized carbons (Fsp3) is 0.429. The monoisotopic (exact) mass is 400 g/mol. The molecule has 148 valence electrons. The molecule has 27 heavy (non-hydrogen) atoms. The van der Waals surface area contributed by atoms with Crippen LogP contribution >= 0.6 is 11.6 Å². The van der Waals surface area contributed by atoms with E-state index in [1.54, 1.807) is 0 Å². The van der Waals surface area contributed by atoms with Crippen LogP contribution in [0.25, 0.3) is 11.1 Å². The summed E-state index contributed by atoms with van der Waals surface area (Å²) in [7, 11) is 0. The molecule has 0 amide bonds. The van der Waals surface area contributed by atoms with Gasteiger partial charge in [0.2, 0.25) is 5.82 Å². The Bertz CT molecular complexity index is 766. The highest BCUT2D eigenvalue weighted by Gasteiger charge is 2.21. The fourth-order valence-electron chi connectivity index (χ4n) is 2.63. The van der Waals surface area contributed by atoms with E-state index >= 15 is 0 Å². The third-order valence-electron chi connectivity index (χ3n) is 4.10. The van der Waals surface area contributed by atoms with Crippen LogP contribution in [-0.4, -0.2) is 13.2 Å². The Kier molecular flexibility index (Phi) is 8.29. The fourth-order valence-corrected chi connectivity index (χ4v) is 2.84. The Hall–Kier alpha value is -1.88. The number of benzene rings is 2. The Morgan fingerprint density at radius 1 is 0.704 bits per heavy atom. The van der Waals surface area contributed by atoms with Crippen molar-refractivity contribution in [1.82, 2.24) is 0 Å². The molecule has 6 heteroatoms. The van der Waals surface area contributed by atoms with Crippen LogP contribution in [0.3, 0.4) is 0 Å². The molecule has 0 fully saturated rings. The summed E-state index contributed by atoms with van der Waals surface area (Å²) in [5.41, 5.74) is -0.345. The maximum absolute atomic E-state index is 14.6. The number of rotatable bonds is 10. The van der Waals surface area contributed by atoms with Gasteiger partial charge in [0.25, 0.3) is 0 Å². The Balaban J connectivity index is 2.22. The highest BCUT2D eigenvalue weighted by Crippen LogP contribution is 2.37. The molecule has 0 aliphatic rings. The van der Waals surface area contributed by atoms with Gasteiger partial charge in [0.15, 0.2) is 17.4 Å². The van der Waals surface area contributed by atoms with Gasteiger partial charge in [0, 0.05) is 11.1 Å². The Morgan fingerprint density at radius 3 is 2.00 bits per heavy atom. The third-order valence-corrected chi connectivity index (χ3v) is 4.45. The lowest BCUT2D eigenvalue weighted by atomic mass is 10.0. The number of hydrogen-bond acceptors (Lipinski definition) is 2. The minimum atomic E-state index is -1.17. The molecule has 0 N–H and O–H groups in total. The lowest BCUT2D eigenvalue weighted by Crippen LogP contribution is -2.02. The van der Waals surface area contributed by atoms with Crippen LogP contribution in [0.15, 0.2) is 24.3 Å². The molecule has 0 aliphatic heterocycles. The summed E-state index contributed by atoms with van der Waals surface area (Å²) in [4.78, 5) is 0. The summed E-state index contributed by atoms with van der Waals surface area (Å²) in [5, 5.41) is -0.253. The van der Waals surface area contributed by atoms with E-state index in [-0.39, 0.29) is 27.6 Å². The predicted octanol–water partition coefficient (Wildman–Crippen LogP) is 7.17. The molecule has 0 unspecified atom stereocenters. The second-order valence-electron chi connectivity index (χ2n) is 6.24. The van der Waals surface area contributed by atoms with Gasteiger partial charge in [0.1, 0.15) is 10.8 Å². The minimum absolute atomic E-state index is 0.130. The van der Waals surface area contributed by atoms with Crippen LogP contribution in [0, 0.1) is 17.5 Å². The Labute approximate surface area is 163 Å². The van der Waals surface area contributed by atoms with E-state index in [9.17, 15) is 13.2 Å². The van der Waals surface area contributed by atoms with Crippen molar-refractivity contribution >= 4 is 11.6 Å². The van der Waals surface area contributed by atoms with Crippen molar-refractivity contribution in [2.45, 2.75) is 46.0 Å². The van der Waals surface area contributed by atoms with E-state index in [4.69, 9.17) is 21.1 Å². The molecule has 2 rings (SSSR count). The summed E-state index contributed by atoms with van der Waals surface area (Å²) in [6.45, 7) is 4.68. The lowest BCUT2D eigenvalue weighted by molar-refractivity contribution is 0.285. The van der Waals surface area contributed by atoms with Crippen LogP contribution in [0.4, 0.5) is 13.2 Å². The van der Waals surface area contributed by atoms with Gasteiger partial charge >= 0.3 is 0 Å². The second-order valence-corrected chi connectivity index (χ2v) is 6.61. The number of hydrogen-bond donors (Lipinski definition) is 0. The van der Waals surface area contributed by atoms with Crippen LogP contribution in [-0.2, 0) is 0 Å². The van der Waals surface area contributed by atoms with E-state index in [0.717, 1.165) is 32.1 Å². The molecule has 0 heterocycles. The molecular formula is C21H24ClF3O2. The van der Waals surface area contributed by atoms with Crippen LogP contribution in [0.1, 0.15) is 46.0 Å². The van der Waals surface area contributed by atoms with Crippen molar-refractivity contribution in [2.75, 3.05) is 13.2 Å². The van der Waals surface area contributed by atoms with Gasteiger partial charge in [-0.25, -0.2) is 8.78 Å². The van der Waals surface area contributed by atoms with E-state index in [0.29, 0.717) is 13.2 Å². The molecular weight excluding hydrogens is 377 g/mol. The average Bonchev–Trinajstić information content (AvgIpc) is 2.67. The molecule has 0 saturated heterocycles. The van der Waals surface area contributed by atoms with Gasteiger partial charge in [-0.15, -0.1) is 0 Å². The van der Waals surface area contributed by atoms with E-state index < -0.39 is 17.5 Å². The predicted molar refractivity (Wildman–Crippen MR) is 102 cm³/mol. The third kappa shape index (κ3) is 5.32. The zero-order chi connectivity index (χ0) is 19.8. The van der Waals surface area contributed by atoms with Crippen molar-refractivity contribution < 1.29 is 22.6 Å². The van der Waals surface area contributed by atoms with Crippen molar-refractivity contribution in [3.63, 3.8) is 0 Å². The molecule has 2 nitrogen and oxygen atoms in total. The first-order valence-electron chi connectivity index (χ1n) is 9.23. The Morgan fingerprint density at radius 2 is 1.33 bits per heavy atom. The van der Waals surface area contributed by atoms with Crippen molar-refractivity contribution in [3.8, 4) is 22.6 Å². The molecule has 0 aromatic heterocycles. The topological polar surface area (TPSA) is 18.5 Å². The maximum Gasteiger partial charge on any atom is 0.201 e. The molecule has 0 saturated carbocycles. The largest absolute Gasteiger partial charge is 0.492 e. The zero-order valence-corrected chi connectivity index (χ0v) is 16.3. The first-order chi connectivity index (χ1) is 13.0. The highest BCUT2D eigenvalue weighted by molar-refractivity contribution is 6.32. The molecule has 0 bridgehead atoms. The standard InChI is InChI=1S/C21H24ClF3O2/c1-3-5-6-7-13-27-17-11-9-15(20(24)21(17)25)14-8-10-16(26-12-4-2)18(22)19(14)23/h8-11H,3-7,12-13H2,1-2H3. The molecule has 2 aromatic carbocycles. The summed E-state index contributed by atoms with van der Waals surface area (Å²) >= 11 is 5.98. The first kappa shape index (κ1) is 21.4. The van der Waals surface area contributed by atoms with Crippen LogP contribution in [0.2, 0.25) is 5.02 Å². The van der Waals surface area contributed by atoms with Crippen molar-refractivity contribution in [2.24, 2.45) is 0 Å². The SMILES string of the molecule is CCCCCCOc1ccc(-c2ccc(OCCC)c(Cl)c2F)c(F)c1F. The number of ether oxygens (including phenoxy) is 2. The summed E-state index contributed by atoms with van der Waals surface area (Å²) in [6, 6.07) is 5.38. The summed E-state index contributed by atoms with van der Waals surface area (Å²) < 4.78 is 54.1. The number of halogens is 4. The van der Waals surface area contributed by atoms with Crippen molar-refractivity contribution in [3.05, 3.63) is 46.7 Å². The van der Waals surface area contributed by atoms with Gasteiger partial charge in [-0.3, -0.25) is 0 Å². The average molecular weight is 401 g/mol. The minimum Gasteiger partial charge on any atom is -0.492 e.